The number of Topliss-reactive ketones (excluding diaryl/α,β-unsaturated/α-hetero) is 1. The molecule has 1 fully saturated rings. The molecule has 0 bridgehead atoms. The SMILES string of the molecule is Cc1cc2nc(CN3CCC[C@@H](C(=O)Cc4ccccc4)C3)cc(=O)n2[nH]1. The fourth-order valence-corrected chi connectivity index (χ4v) is 3.87. The zero-order chi connectivity index (χ0) is 18.8. The van der Waals surface area contributed by atoms with Crippen molar-refractivity contribution in [2.75, 3.05) is 13.1 Å². The first-order valence-corrected chi connectivity index (χ1v) is 9.46. The molecule has 0 amide bonds. The molecule has 1 aromatic carbocycles. The van der Waals surface area contributed by atoms with Gasteiger partial charge in [0.25, 0.3) is 5.56 Å². The molecule has 0 unspecified atom stereocenters. The van der Waals surface area contributed by atoms with Crippen molar-refractivity contribution in [1.82, 2.24) is 19.5 Å². The topological polar surface area (TPSA) is 70.5 Å². The molecule has 0 spiro atoms. The van der Waals surface area contributed by atoms with E-state index in [-0.39, 0.29) is 11.5 Å². The summed E-state index contributed by atoms with van der Waals surface area (Å²) in [5.41, 5.74) is 3.28. The Morgan fingerprint density at radius 3 is 2.89 bits per heavy atom. The minimum atomic E-state index is -0.100. The van der Waals surface area contributed by atoms with E-state index in [4.69, 9.17) is 0 Å². The maximum Gasteiger partial charge on any atom is 0.272 e. The Kier molecular flexibility index (Phi) is 4.90. The first-order valence-electron chi connectivity index (χ1n) is 9.46. The van der Waals surface area contributed by atoms with Crippen LogP contribution in [0.4, 0.5) is 0 Å². The van der Waals surface area contributed by atoms with E-state index in [2.05, 4.69) is 15.0 Å². The first-order chi connectivity index (χ1) is 13.1. The van der Waals surface area contributed by atoms with E-state index in [1.165, 1.54) is 4.52 Å². The van der Waals surface area contributed by atoms with Gasteiger partial charge in [-0.15, -0.1) is 0 Å². The lowest BCUT2D eigenvalue weighted by molar-refractivity contribution is -0.124. The van der Waals surface area contributed by atoms with Gasteiger partial charge < -0.3 is 0 Å². The number of aryl methyl sites for hydroxylation is 1. The van der Waals surface area contributed by atoms with Crippen molar-refractivity contribution in [3.8, 4) is 0 Å². The summed E-state index contributed by atoms with van der Waals surface area (Å²) in [4.78, 5) is 31.8. The molecule has 1 saturated heterocycles. The van der Waals surface area contributed by atoms with Gasteiger partial charge in [-0.2, -0.15) is 0 Å². The number of aromatic nitrogens is 3. The highest BCUT2D eigenvalue weighted by Crippen LogP contribution is 2.20. The summed E-state index contributed by atoms with van der Waals surface area (Å²) in [6.07, 6.45) is 2.43. The number of nitrogens with zero attached hydrogens (tertiary/aromatic N) is 3. The number of nitrogens with one attached hydrogen (secondary N) is 1. The van der Waals surface area contributed by atoms with E-state index >= 15 is 0 Å². The van der Waals surface area contributed by atoms with Gasteiger partial charge in [0.2, 0.25) is 0 Å². The monoisotopic (exact) mass is 364 g/mol. The second kappa shape index (κ2) is 7.48. The summed E-state index contributed by atoms with van der Waals surface area (Å²) in [6.45, 7) is 4.17. The van der Waals surface area contributed by atoms with Gasteiger partial charge in [0, 0.05) is 43.3 Å². The quantitative estimate of drug-likeness (QED) is 0.754. The smallest absolute Gasteiger partial charge is 0.272 e. The van der Waals surface area contributed by atoms with Crippen LogP contribution in [0, 0.1) is 12.8 Å². The van der Waals surface area contributed by atoms with E-state index in [1.807, 2.05) is 43.3 Å². The van der Waals surface area contributed by atoms with E-state index in [1.54, 1.807) is 6.07 Å². The average Bonchev–Trinajstić information content (AvgIpc) is 3.04. The fourth-order valence-electron chi connectivity index (χ4n) is 3.87. The van der Waals surface area contributed by atoms with Crippen LogP contribution in [0.1, 0.15) is 29.8 Å². The lowest BCUT2D eigenvalue weighted by Crippen LogP contribution is -2.39. The van der Waals surface area contributed by atoms with E-state index in [0.717, 1.165) is 42.9 Å². The highest BCUT2D eigenvalue weighted by Gasteiger charge is 2.26. The third-order valence-corrected chi connectivity index (χ3v) is 5.20. The van der Waals surface area contributed by atoms with Gasteiger partial charge in [0.05, 0.1) is 5.69 Å². The summed E-state index contributed by atoms with van der Waals surface area (Å²) in [6, 6.07) is 13.4. The molecule has 1 atom stereocenters. The molecule has 3 aromatic rings. The third kappa shape index (κ3) is 4.01. The van der Waals surface area contributed by atoms with Crippen LogP contribution in [-0.2, 0) is 17.8 Å². The normalized spacial score (nSPS) is 18.0. The second-order valence-corrected chi connectivity index (χ2v) is 7.42. The zero-order valence-corrected chi connectivity index (χ0v) is 15.5. The van der Waals surface area contributed by atoms with Crippen molar-refractivity contribution < 1.29 is 4.79 Å². The minimum Gasteiger partial charge on any atom is -0.299 e. The largest absolute Gasteiger partial charge is 0.299 e. The van der Waals surface area contributed by atoms with Gasteiger partial charge in [0.1, 0.15) is 5.78 Å². The second-order valence-electron chi connectivity index (χ2n) is 7.42. The number of piperidine rings is 1. The number of carbonyl (C=O) groups is 1. The van der Waals surface area contributed by atoms with Gasteiger partial charge in [-0.3, -0.25) is 19.6 Å². The molecule has 1 aliphatic rings. The number of benzene rings is 1. The maximum atomic E-state index is 12.7. The Bertz CT molecular complexity index is 1010. The summed E-state index contributed by atoms with van der Waals surface area (Å²) >= 11 is 0. The minimum absolute atomic E-state index is 0.0540. The Morgan fingerprint density at radius 2 is 2.07 bits per heavy atom. The average molecular weight is 364 g/mol. The highest BCUT2D eigenvalue weighted by atomic mass is 16.1. The lowest BCUT2D eigenvalue weighted by Gasteiger charge is -2.31. The van der Waals surface area contributed by atoms with E-state index < -0.39 is 0 Å². The number of fused-ring (bicyclic) bond motifs is 1. The van der Waals surface area contributed by atoms with Gasteiger partial charge in [-0.25, -0.2) is 9.50 Å². The predicted molar refractivity (Wildman–Crippen MR) is 104 cm³/mol. The van der Waals surface area contributed by atoms with Crippen LogP contribution in [0.15, 0.2) is 47.3 Å². The molecule has 0 aliphatic carbocycles. The van der Waals surface area contributed by atoms with Crippen molar-refractivity contribution in [2.24, 2.45) is 5.92 Å². The maximum absolute atomic E-state index is 12.7. The Labute approximate surface area is 157 Å². The summed E-state index contributed by atoms with van der Waals surface area (Å²) in [5, 5.41) is 2.99. The van der Waals surface area contributed by atoms with Crippen molar-refractivity contribution in [2.45, 2.75) is 32.7 Å². The zero-order valence-electron chi connectivity index (χ0n) is 15.5. The molecular weight excluding hydrogens is 340 g/mol. The van der Waals surface area contributed by atoms with Crippen molar-refractivity contribution in [3.63, 3.8) is 0 Å². The molecular formula is C21H24N4O2. The van der Waals surface area contributed by atoms with Crippen molar-refractivity contribution in [1.29, 1.82) is 0 Å². The van der Waals surface area contributed by atoms with Crippen LogP contribution < -0.4 is 5.56 Å². The van der Waals surface area contributed by atoms with Crippen LogP contribution >= 0.6 is 0 Å². The fraction of sp³-hybridized carbons (Fsp3) is 0.381. The number of rotatable bonds is 5. The molecule has 27 heavy (non-hydrogen) atoms. The molecule has 0 radical (unpaired) electrons. The van der Waals surface area contributed by atoms with E-state index in [0.29, 0.717) is 24.4 Å². The molecule has 140 valence electrons. The Hall–Kier alpha value is -2.73. The van der Waals surface area contributed by atoms with Crippen molar-refractivity contribution >= 4 is 11.4 Å². The summed E-state index contributed by atoms with van der Waals surface area (Å²) in [7, 11) is 0. The molecule has 3 heterocycles. The number of hydrogen-bond donors (Lipinski definition) is 1. The van der Waals surface area contributed by atoms with Crippen LogP contribution in [0.25, 0.3) is 5.65 Å². The molecule has 1 N–H and O–H groups in total. The molecule has 2 aromatic heterocycles. The molecule has 4 rings (SSSR count). The number of carbonyl (C=O) groups excluding carboxylic acids is 1. The van der Waals surface area contributed by atoms with Crippen LogP contribution in [-0.4, -0.2) is 38.4 Å². The highest BCUT2D eigenvalue weighted by molar-refractivity contribution is 5.83. The van der Waals surface area contributed by atoms with Crippen LogP contribution in [0.5, 0.6) is 0 Å². The predicted octanol–water partition coefficient (Wildman–Crippen LogP) is 2.35. The standard InChI is InChI=1S/C21H24N4O2/c1-15-10-20-22-18(12-21(27)25(20)23-15)14-24-9-5-8-17(13-24)19(26)11-16-6-3-2-4-7-16/h2-4,6-7,10,12,17,23H,5,8-9,11,13-14H2,1H3/t17-/m1/s1. The van der Waals surface area contributed by atoms with Gasteiger partial charge in [0.15, 0.2) is 5.65 Å². The van der Waals surface area contributed by atoms with Gasteiger partial charge in [-0.05, 0) is 31.9 Å². The number of aromatic amines is 1. The first kappa shape index (κ1) is 17.7. The van der Waals surface area contributed by atoms with Crippen LogP contribution in [0.2, 0.25) is 0 Å². The molecule has 6 nitrogen and oxygen atoms in total. The van der Waals surface area contributed by atoms with Gasteiger partial charge >= 0.3 is 0 Å². The van der Waals surface area contributed by atoms with Crippen LogP contribution in [0.3, 0.4) is 0 Å². The number of ketones is 1. The third-order valence-electron chi connectivity index (χ3n) is 5.20. The Morgan fingerprint density at radius 1 is 1.26 bits per heavy atom. The Balaban J connectivity index is 1.44. The molecule has 6 heteroatoms. The number of likely N-dealkylation sites (tertiary alicyclic amines) is 1. The molecule has 1 aliphatic heterocycles. The molecule has 0 saturated carbocycles. The number of hydrogen-bond acceptors (Lipinski definition) is 4. The summed E-state index contributed by atoms with van der Waals surface area (Å²) < 4.78 is 1.46. The number of H-pyrrole nitrogens is 1. The lowest BCUT2D eigenvalue weighted by atomic mass is 9.90. The van der Waals surface area contributed by atoms with Crippen molar-refractivity contribution in [3.05, 3.63) is 69.8 Å². The summed E-state index contributed by atoms with van der Waals surface area (Å²) in [5.74, 6) is 0.355. The van der Waals surface area contributed by atoms with E-state index in [9.17, 15) is 9.59 Å². The van der Waals surface area contributed by atoms with Gasteiger partial charge in [-0.1, -0.05) is 30.3 Å².